The molecule has 0 atom stereocenters. The van der Waals surface area contributed by atoms with E-state index in [9.17, 15) is 4.79 Å². The van der Waals surface area contributed by atoms with Crippen LogP contribution in [0.5, 0.6) is 0 Å². The minimum absolute atomic E-state index is 0.0356. The summed E-state index contributed by atoms with van der Waals surface area (Å²) in [7, 11) is 0. The fourth-order valence-corrected chi connectivity index (χ4v) is 2.70. The van der Waals surface area contributed by atoms with Crippen molar-refractivity contribution in [3.63, 3.8) is 0 Å². The van der Waals surface area contributed by atoms with Crippen LogP contribution in [0.4, 0.5) is 0 Å². The van der Waals surface area contributed by atoms with Crippen LogP contribution in [0.15, 0.2) is 36.9 Å². The van der Waals surface area contributed by atoms with Crippen molar-refractivity contribution >= 4 is 5.91 Å². The standard InChI is InChI=1S/C17H23N5O2/c23-17(19-7-1-2-8-21-9-11-24-12-10-21)15-3-5-16(6-4-15)22-14-18-13-20-22/h3-6,13-14H,1-2,7-12H2,(H,19,23). The maximum absolute atomic E-state index is 12.1. The molecule has 1 aromatic heterocycles. The quantitative estimate of drug-likeness (QED) is 0.771. The van der Waals surface area contributed by atoms with Gasteiger partial charge in [-0.05, 0) is 43.7 Å². The third kappa shape index (κ3) is 4.62. The fourth-order valence-electron chi connectivity index (χ4n) is 2.70. The van der Waals surface area contributed by atoms with Gasteiger partial charge in [0.2, 0.25) is 0 Å². The molecule has 0 radical (unpaired) electrons. The summed E-state index contributed by atoms with van der Waals surface area (Å²) in [5.74, 6) is -0.0356. The molecule has 1 N–H and O–H groups in total. The highest BCUT2D eigenvalue weighted by molar-refractivity contribution is 5.94. The van der Waals surface area contributed by atoms with Crippen molar-refractivity contribution in [2.45, 2.75) is 12.8 Å². The summed E-state index contributed by atoms with van der Waals surface area (Å²) >= 11 is 0. The summed E-state index contributed by atoms with van der Waals surface area (Å²) in [6.45, 7) is 5.48. The molecule has 2 aromatic rings. The number of aromatic nitrogens is 3. The Morgan fingerprint density at radius 1 is 1.17 bits per heavy atom. The van der Waals surface area contributed by atoms with Crippen LogP contribution in [0.1, 0.15) is 23.2 Å². The topological polar surface area (TPSA) is 72.3 Å². The van der Waals surface area contributed by atoms with Crippen molar-refractivity contribution < 1.29 is 9.53 Å². The number of ether oxygens (including phenoxy) is 1. The Kier molecular flexibility index (Phi) is 5.92. The lowest BCUT2D eigenvalue weighted by Gasteiger charge is -2.26. The molecule has 7 nitrogen and oxygen atoms in total. The minimum atomic E-state index is -0.0356. The second-order valence-electron chi connectivity index (χ2n) is 5.80. The zero-order valence-corrected chi connectivity index (χ0v) is 13.7. The molecule has 128 valence electrons. The molecule has 3 rings (SSSR count). The molecule has 1 amide bonds. The van der Waals surface area contributed by atoms with Gasteiger partial charge in [0.1, 0.15) is 12.7 Å². The summed E-state index contributed by atoms with van der Waals surface area (Å²) in [6.07, 6.45) is 5.19. The normalized spacial score (nSPS) is 15.3. The summed E-state index contributed by atoms with van der Waals surface area (Å²) in [5.41, 5.74) is 1.54. The Morgan fingerprint density at radius 3 is 2.67 bits per heavy atom. The van der Waals surface area contributed by atoms with E-state index in [-0.39, 0.29) is 5.91 Å². The number of benzene rings is 1. The SMILES string of the molecule is O=C(NCCCCN1CCOCC1)c1ccc(-n2cncn2)cc1. The highest BCUT2D eigenvalue weighted by atomic mass is 16.5. The van der Waals surface area contributed by atoms with E-state index >= 15 is 0 Å². The number of carbonyl (C=O) groups excluding carboxylic acids is 1. The molecule has 0 bridgehead atoms. The molecule has 1 fully saturated rings. The van der Waals surface area contributed by atoms with E-state index in [4.69, 9.17) is 4.74 Å². The fraction of sp³-hybridized carbons (Fsp3) is 0.471. The van der Waals surface area contributed by atoms with Gasteiger partial charge in [-0.25, -0.2) is 9.67 Å². The number of carbonyl (C=O) groups is 1. The average molecular weight is 329 g/mol. The number of hydrogen-bond donors (Lipinski definition) is 1. The van der Waals surface area contributed by atoms with Gasteiger partial charge in [0.15, 0.2) is 0 Å². The van der Waals surface area contributed by atoms with E-state index in [2.05, 4.69) is 20.3 Å². The van der Waals surface area contributed by atoms with Gasteiger partial charge in [0, 0.05) is 25.2 Å². The monoisotopic (exact) mass is 329 g/mol. The zero-order valence-electron chi connectivity index (χ0n) is 13.7. The molecule has 2 heterocycles. The number of hydrogen-bond acceptors (Lipinski definition) is 5. The molecular weight excluding hydrogens is 306 g/mol. The average Bonchev–Trinajstić information content (AvgIpc) is 3.17. The Morgan fingerprint density at radius 2 is 1.96 bits per heavy atom. The smallest absolute Gasteiger partial charge is 0.251 e. The van der Waals surface area contributed by atoms with Gasteiger partial charge >= 0.3 is 0 Å². The van der Waals surface area contributed by atoms with Crippen LogP contribution in [0.3, 0.4) is 0 Å². The van der Waals surface area contributed by atoms with Crippen molar-refractivity contribution in [1.82, 2.24) is 25.0 Å². The third-order valence-electron chi connectivity index (χ3n) is 4.10. The number of rotatable bonds is 7. The molecule has 1 aromatic carbocycles. The summed E-state index contributed by atoms with van der Waals surface area (Å²) in [5, 5.41) is 7.04. The first-order valence-electron chi connectivity index (χ1n) is 8.36. The molecule has 0 saturated carbocycles. The molecule has 1 aliphatic rings. The van der Waals surface area contributed by atoms with Gasteiger partial charge in [-0.15, -0.1) is 0 Å². The van der Waals surface area contributed by atoms with Gasteiger partial charge in [-0.3, -0.25) is 9.69 Å². The van der Waals surface area contributed by atoms with Crippen LogP contribution in [0.2, 0.25) is 0 Å². The first kappa shape index (κ1) is 16.6. The molecule has 0 spiro atoms. The minimum Gasteiger partial charge on any atom is -0.379 e. The van der Waals surface area contributed by atoms with Crippen molar-refractivity contribution in [2.24, 2.45) is 0 Å². The van der Waals surface area contributed by atoms with Crippen LogP contribution in [0, 0.1) is 0 Å². The Balaban J connectivity index is 1.37. The molecule has 7 heteroatoms. The number of amides is 1. The highest BCUT2D eigenvalue weighted by Crippen LogP contribution is 2.08. The molecule has 1 saturated heterocycles. The van der Waals surface area contributed by atoms with Crippen molar-refractivity contribution in [3.8, 4) is 5.69 Å². The molecule has 0 unspecified atom stereocenters. The van der Waals surface area contributed by atoms with E-state index in [1.807, 2.05) is 12.1 Å². The summed E-state index contributed by atoms with van der Waals surface area (Å²) in [6, 6.07) is 7.34. The lowest BCUT2D eigenvalue weighted by Crippen LogP contribution is -2.37. The number of unbranched alkanes of at least 4 members (excludes halogenated alkanes) is 1. The first-order valence-corrected chi connectivity index (χ1v) is 8.36. The Labute approximate surface area is 141 Å². The zero-order chi connectivity index (χ0) is 16.6. The van der Waals surface area contributed by atoms with Crippen LogP contribution in [0.25, 0.3) is 5.69 Å². The number of nitrogens with zero attached hydrogens (tertiary/aromatic N) is 4. The van der Waals surface area contributed by atoms with E-state index in [0.29, 0.717) is 12.1 Å². The molecule has 1 aliphatic heterocycles. The molecular formula is C17H23N5O2. The van der Waals surface area contributed by atoms with Crippen LogP contribution in [-0.4, -0.2) is 65.0 Å². The van der Waals surface area contributed by atoms with Gasteiger partial charge in [0.25, 0.3) is 5.91 Å². The largest absolute Gasteiger partial charge is 0.379 e. The number of morpholine rings is 1. The maximum Gasteiger partial charge on any atom is 0.251 e. The van der Waals surface area contributed by atoms with E-state index < -0.39 is 0 Å². The predicted octanol–water partition coefficient (Wildman–Crippen LogP) is 1.11. The second-order valence-corrected chi connectivity index (χ2v) is 5.80. The van der Waals surface area contributed by atoms with Crippen molar-refractivity contribution in [3.05, 3.63) is 42.5 Å². The van der Waals surface area contributed by atoms with Crippen LogP contribution >= 0.6 is 0 Å². The second kappa shape index (κ2) is 8.56. The summed E-state index contributed by atoms with van der Waals surface area (Å²) in [4.78, 5) is 18.5. The van der Waals surface area contributed by atoms with Gasteiger partial charge < -0.3 is 10.1 Å². The van der Waals surface area contributed by atoms with Gasteiger partial charge in [0.05, 0.1) is 18.9 Å². The van der Waals surface area contributed by atoms with Crippen LogP contribution in [-0.2, 0) is 4.74 Å². The lowest BCUT2D eigenvalue weighted by atomic mass is 10.2. The Hall–Kier alpha value is -2.25. The first-order chi connectivity index (χ1) is 11.8. The van der Waals surface area contributed by atoms with Gasteiger partial charge in [-0.1, -0.05) is 0 Å². The number of nitrogens with one attached hydrogen (secondary N) is 1. The van der Waals surface area contributed by atoms with Gasteiger partial charge in [-0.2, -0.15) is 5.10 Å². The van der Waals surface area contributed by atoms with Crippen LogP contribution < -0.4 is 5.32 Å². The van der Waals surface area contributed by atoms with E-state index in [1.165, 1.54) is 6.33 Å². The third-order valence-corrected chi connectivity index (χ3v) is 4.10. The Bertz CT molecular complexity index is 621. The molecule has 24 heavy (non-hydrogen) atoms. The predicted molar refractivity (Wildman–Crippen MR) is 90.2 cm³/mol. The molecule has 0 aliphatic carbocycles. The van der Waals surface area contributed by atoms with Crippen molar-refractivity contribution in [1.29, 1.82) is 0 Å². The lowest BCUT2D eigenvalue weighted by molar-refractivity contribution is 0.0372. The highest BCUT2D eigenvalue weighted by Gasteiger charge is 2.09. The van der Waals surface area contributed by atoms with E-state index in [1.54, 1.807) is 23.1 Å². The maximum atomic E-state index is 12.1. The summed E-state index contributed by atoms with van der Waals surface area (Å²) < 4.78 is 6.99. The van der Waals surface area contributed by atoms with Crippen molar-refractivity contribution in [2.75, 3.05) is 39.4 Å². The van der Waals surface area contributed by atoms with E-state index in [0.717, 1.165) is 51.4 Å².